The van der Waals surface area contributed by atoms with Gasteiger partial charge in [-0.1, -0.05) is 18.2 Å². The summed E-state index contributed by atoms with van der Waals surface area (Å²) in [7, 11) is -4.73. The van der Waals surface area contributed by atoms with Crippen molar-refractivity contribution in [3.05, 3.63) is 42.0 Å². The lowest BCUT2D eigenvalue weighted by atomic mass is 10.0. The van der Waals surface area contributed by atoms with Crippen LogP contribution in [0.4, 0.5) is 18.0 Å². The molecule has 0 fully saturated rings. The highest BCUT2D eigenvalue weighted by Crippen LogP contribution is 2.30. The molecule has 1 N–H and O–H groups in total. The second-order valence-electron chi connectivity index (χ2n) is 7.35. The number of nitrogens with one attached hydrogen (secondary N) is 1. The van der Waals surface area contributed by atoms with Crippen LogP contribution in [-0.4, -0.2) is 38.7 Å². The number of rotatable bonds is 5. The van der Waals surface area contributed by atoms with Crippen molar-refractivity contribution in [3.63, 3.8) is 0 Å². The van der Waals surface area contributed by atoms with Gasteiger partial charge in [-0.05, 0) is 55.3 Å². The van der Waals surface area contributed by atoms with Gasteiger partial charge in [0.15, 0.2) is 6.04 Å². The van der Waals surface area contributed by atoms with Gasteiger partial charge in [-0.15, -0.1) is 0 Å². The topological polar surface area (TPSA) is 108 Å². The van der Waals surface area contributed by atoms with E-state index in [9.17, 15) is 31.2 Å². The largest absolute Gasteiger partial charge is 0.534 e. The highest BCUT2D eigenvalue weighted by atomic mass is 32.2. The normalized spacial score (nSPS) is 13.4. The molecule has 31 heavy (non-hydrogen) atoms. The molecular weight excluding hydrogens is 443 g/mol. The molecule has 2 aromatic carbocycles. The predicted octanol–water partition coefficient (Wildman–Crippen LogP) is 3.81. The lowest BCUT2D eigenvalue weighted by Gasteiger charge is -2.23. The molecule has 0 heterocycles. The standard InChI is InChI=1S/C19H20F3NO7S/c1-18(2,3)29-17(25)23-15(16(24)28-4)12-6-5-11-7-8-14(10-13(11)9-12)30-31(26,27)19(20,21)22/h5-10,15H,1-4H3,(H,23,25)/t15-/m0/s1. The van der Waals surface area contributed by atoms with Gasteiger partial charge in [0, 0.05) is 0 Å². The number of hydrogen-bond acceptors (Lipinski definition) is 7. The number of alkyl halides is 3. The molecule has 0 radical (unpaired) electrons. The molecule has 0 aromatic heterocycles. The van der Waals surface area contributed by atoms with Gasteiger partial charge in [-0.2, -0.15) is 21.6 Å². The summed E-state index contributed by atoms with van der Waals surface area (Å²) in [6, 6.07) is 6.57. The third-order valence-corrected chi connectivity index (χ3v) is 4.74. The van der Waals surface area contributed by atoms with Gasteiger partial charge >= 0.3 is 27.7 Å². The highest BCUT2D eigenvalue weighted by Gasteiger charge is 2.48. The molecule has 0 bridgehead atoms. The number of alkyl carbamates (subject to hydrolysis) is 1. The van der Waals surface area contributed by atoms with Gasteiger partial charge in [0.25, 0.3) is 0 Å². The van der Waals surface area contributed by atoms with Crippen LogP contribution in [0.15, 0.2) is 36.4 Å². The number of esters is 1. The Hall–Kier alpha value is -3.02. The minimum atomic E-state index is -5.84. The lowest BCUT2D eigenvalue weighted by Crippen LogP contribution is -2.38. The van der Waals surface area contributed by atoms with Crippen LogP contribution in [0.5, 0.6) is 5.75 Å². The average Bonchev–Trinajstić information content (AvgIpc) is 2.62. The summed E-state index contributed by atoms with van der Waals surface area (Å²) < 4.78 is 74.1. The monoisotopic (exact) mass is 463 g/mol. The molecule has 0 saturated carbocycles. The van der Waals surface area contributed by atoms with Crippen LogP contribution in [0.3, 0.4) is 0 Å². The van der Waals surface area contributed by atoms with Crippen molar-refractivity contribution < 1.29 is 44.8 Å². The number of methoxy groups -OCH3 is 1. The molecule has 0 spiro atoms. The Kier molecular flexibility index (Phi) is 6.74. The van der Waals surface area contributed by atoms with Crippen LogP contribution in [0, 0.1) is 0 Å². The zero-order chi connectivity index (χ0) is 23.6. The zero-order valence-corrected chi connectivity index (χ0v) is 17.8. The number of hydrogen-bond donors (Lipinski definition) is 1. The number of carbonyl (C=O) groups excluding carboxylic acids is 2. The number of benzene rings is 2. The van der Waals surface area contributed by atoms with Crippen molar-refractivity contribution >= 4 is 33.0 Å². The first kappa shape index (κ1) is 24.3. The molecule has 0 aliphatic heterocycles. The highest BCUT2D eigenvalue weighted by molar-refractivity contribution is 7.88. The molecule has 12 heteroatoms. The summed E-state index contributed by atoms with van der Waals surface area (Å²) in [5.41, 5.74) is -6.19. The van der Waals surface area contributed by atoms with Gasteiger partial charge < -0.3 is 19.0 Å². The van der Waals surface area contributed by atoms with Gasteiger partial charge in [0.05, 0.1) is 7.11 Å². The number of amides is 1. The third-order valence-electron chi connectivity index (χ3n) is 3.76. The van der Waals surface area contributed by atoms with E-state index in [0.29, 0.717) is 5.39 Å². The fourth-order valence-corrected chi connectivity index (χ4v) is 2.92. The number of ether oxygens (including phenoxy) is 2. The Balaban J connectivity index is 2.41. The summed E-state index contributed by atoms with van der Waals surface area (Å²) in [5.74, 6) is -1.39. The van der Waals surface area contributed by atoms with Crippen LogP contribution in [-0.2, 0) is 24.4 Å². The summed E-state index contributed by atoms with van der Waals surface area (Å²) in [6.45, 7) is 4.89. The summed E-state index contributed by atoms with van der Waals surface area (Å²) in [5, 5.41) is 3.14. The summed E-state index contributed by atoms with van der Waals surface area (Å²) >= 11 is 0. The van der Waals surface area contributed by atoms with Gasteiger partial charge in [0.2, 0.25) is 0 Å². The average molecular weight is 463 g/mol. The SMILES string of the molecule is COC(=O)[C@@H](NC(=O)OC(C)(C)C)c1ccc2ccc(OS(=O)(=O)C(F)(F)F)cc2c1. The predicted molar refractivity (Wildman–Crippen MR) is 104 cm³/mol. The van der Waals surface area contributed by atoms with Crippen molar-refractivity contribution in [3.8, 4) is 5.75 Å². The molecule has 0 aliphatic rings. The zero-order valence-electron chi connectivity index (χ0n) is 16.9. The van der Waals surface area contributed by atoms with Gasteiger partial charge in [-0.25, -0.2) is 9.59 Å². The first-order valence-electron chi connectivity index (χ1n) is 8.75. The molecule has 0 unspecified atom stereocenters. The van der Waals surface area contributed by atoms with E-state index < -0.39 is 45.1 Å². The number of carbonyl (C=O) groups is 2. The van der Waals surface area contributed by atoms with Crippen molar-refractivity contribution in [1.29, 1.82) is 0 Å². The van der Waals surface area contributed by atoms with E-state index in [4.69, 9.17) is 9.47 Å². The molecule has 0 saturated heterocycles. The molecule has 2 rings (SSSR count). The van der Waals surface area contributed by atoms with E-state index >= 15 is 0 Å². The maximum absolute atomic E-state index is 12.6. The van der Waals surface area contributed by atoms with E-state index in [2.05, 4.69) is 9.50 Å². The number of halogens is 3. The first-order chi connectivity index (χ1) is 14.1. The molecule has 1 atom stereocenters. The van der Waals surface area contributed by atoms with E-state index in [1.54, 1.807) is 20.8 Å². The van der Waals surface area contributed by atoms with Crippen LogP contribution in [0.2, 0.25) is 0 Å². The fourth-order valence-electron chi connectivity index (χ4n) is 2.47. The van der Waals surface area contributed by atoms with E-state index in [1.165, 1.54) is 24.3 Å². The quantitative estimate of drug-likeness (QED) is 0.408. The molecule has 170 valence electrons. The van der Waals surface area contributed by atoms with Crippen molar-refractivity contribution in [1.82, 2.24) is 5.32 Å². The Morgan fingerprint density at radius 1 is 1.00 bits per heavy atom. The smallest absolute Gasteiger partial charge is 0.467 e. The second-order valence-corrected chi connectivity index (χ2v) is 8.89. The van der Waals surface area contributed by atoms with Crippen LogP contribution in [0.25, 0.3) is 10.8 Å². The molecular formula is C19H20F3NO7S. The molecule has 0 aliphatic carbocycles. The number of fused-ring (bicyclic) bond motifs is 1. The van der Waals surface area contributed by atoms with Gasteiger partial charge in [-0.3, -0.25) is 0 Å². The second kappa shape index (κ2) is 8.61. The summed E-state index contributed by atoms with van der Waals surface area (Å²) in [6.07, 6.45) is -0.892. The molecule has 2 aromatic rings. The Morgan fingerprint density at radius 2 is 1.61 bits per heavy atom. The minimum absolute atomic E-state index is 0.223. The Morgan fingerprint density at radius 3 is 2.16 bits per heavy atom. The summed E-state index contributed by atoms with van der Waals surface area (Å²) in [4.78, 5) is 24.3. The van der Waals surface area contributed by atoms with Crippen molar-refractivity contribution in [2.75, 3.05) is 7.11 Å². The molecule has 8 nitrogen and oxygen atoms in total. The maximum Gasteiger partial charge on any atom is 0.534 e. The van der Waals surface area contributed by atoms with Crippen LogP contribution >= 0.6 is 0 Å². The van der Waals surface area contributed by atoms with Crippen LogP contribution < -0.4 is 9.50 Å². The molecule has 1 amide bonds. The minimum Gasteiger partial charge on any atom is -0.467 e. The fraction of sp³-hybridized carbons (Fsp3) is 0.368. The van der Waals surface area contributed by atoms with Gasteiger partial charge in [0.1, 0.15) is 11.4 Å². The maximum atomic E-state index is 12.6. The third kappa shape index (κ3) is 6.23. The van der Waals surface area contributed by atoms with E-state index in [-0.39, 0.29) is 10.9 Å². The van der Waals surface area contributed by atoms with E-state index in [0.717, 1.165) is 19.2 Å². The van der Waals surface area contributed by atoms with Crippen molar-refractivity contribution in [2.24, 2.45) is 0 Å². The van der Waals surface area contributed by atoms with Crippen LogP contribution in [0.1, 0.15) is 32.4 Å². The first-order valence-corrected chi connectivity index (χ1v) is 10.2. The Labute approximate surface area is 176 Å². The van der Waals surface area contributed by atoms with E-state index in [1.807, 2.05) is 0 Å². The Bertz CT molecular complexity index is 1090. The lowest BCUT2D eigenvalue weighted by molar-refractivity contribution is -0.143. The van der Waals surface area contributed by atoms with Crippen molar-refractivity contribution in [2.45, 2.75) is 37.9 Å².